The van der Waals surface area contributed by atoms with E-state index in [-0.39, 0.29) is 43.5 Å². The van der Waals surface area contributed by atoms with Crippen molar-refractivity contribution in [3.8, 4) is 0 Å². The van der Waals surface area contributed by atoms with E-state index >= 15 is 0 Å². The molecule has 3 N–H and O–H groups in total. The maximum absolute atomic E-state index is 13.0. The summed E-state index contributed by atoms with van der Waals surface area (Å²) in [6, 6.07) is 0. The fourth-order valence-electron chi connectivity index (χ4n) is 4.79. The fraction of sp³-hybridized carbons (Fsp3) is 0.486. The summed E-state index contributed by atoms with van der Waals surface area (Å²) in [6.45, 7) is 2.69. The van der Waals surface area contributed by atoms with Gasteiger partial charge in [0.2, 0.25) is 5.91 Å². The second-order valence-electron chi connectivity index (χ2n) is 11.0. The van der Waals surface area contributed by atoms with Crippen molar-refractivity contribution in [1.29, 1.82) is 0 Å². The van der Waals surface area contributed by atoms with E-state index in [1.807, 2.05) is 6.08 Å². The summed E-state index contributed by atoms with van der Waals surface area (Å²) in [6.07, 6.45) is 36.1. The SMILES string of the molecule is CC/C=C\C/C=C\C/C=C\C/C=C\C/C=C\C/C=C\CCC(=O)NCCNP(=O)(OC)OC[C@@H]1CCC(n2cnc3c(=O)nc[nH]c32)O1. The molecule has 13 heteroatoms. The van der Waals surface area contributed by atoms with Crippen molar-refractivity contribution < 1.29 is 23.1 Å². The summed E-state index contributed by atoms with van der Waals surface area (Å²) in [7, 11) is -2.28. The molecule has 2 aromatic rings. The molecular formula is C35H51N6O6P. The van der Waals surface area contributed by atoms with Crippen LogP contribution >= 0.6 is 7.75 Å². The van der Waals surface area contributed by atoms with Gasteiger partial charge in [-0.25, -0.2) is 14.6 Å². The molecule has 1 aliphatic rings. The van der Waals surface area contributed by atoms with Crippen LogP contribution in [-0.4, -0.2) is 58.3 Å². The zero-order valence-corrected chi connectivity index (χ0v) is 29.1. The lowest BCUT2D eigenvalue weighted by molar-refractivity contribution is -0.120. The van der Waals surface area contributed by atoms with E-state index < -0.39 is 13.3 Å². The summed E-state index contributed by atoms with van der Waals surface area (Å²) in [5.74, 6) is -0.0842. The first-order chi connectivity index (χ1) is 23.5. The van der Waals surface area contributed by atoms with E-state index in [4.69, 9.17) is 13.8 Å². The van der Waals surface area contributed by atoms with Crippen molar-refractivity contribution in [2.75, 3.05) is 26.8 Å². The number of hydrogen-bond donors (Lipinski definition) is 3. The summed E-state index contributed by atoms with van der Waals surface area (Å²) in [4.78, 5) is 34.8. The lowest BCUT2D eigenvalue weighted by Crippen LogP contribution is -2.31. The van der Waals surface area contributed by atoms with Gasteiger partial charge in [-0.05, 0) is 57.8 Å². The topological polar surface area (TPSA) is 149 Å². The first-order valence-electron chi connectivity index (χ1n) is 16.7. The van der Waals surface area contributed by atoms with Crippen molar-refractivity contribution in [2.45, 2.75) is 83.5 Å². The van der Waals surface area contributed by atoms with Crippen LogP contribution in [0.2, 0.25) is 0 Å². The molecule has 12 nitrogen and oxygen atoms in total. The maximum atomic E-state index is 13.0. The summed E-state index contributed by atoms with van der Waals surface area (Å²) in [5, 5.41) is 5.58. The highest BCUT2D eigenvalue weighted by Gasteiger charge is 2.31. The second kappa shape index (κ2) is 22.8. The van der Waals surface area contributed by atoms with Crippen LogP contribution in [0.4, 0.5) is 0 Å². The first kappa shape index (κ1) is 38.8. The van der Waals surface area contributed by atoms with Crippen LogP contribution in [0.3, 0.4) is 0 Å². The number of aromatic nitrogens is 4. The molecule has 0 spiro atoms. The molecule has 0 radical (unpaired) electrons. The number of H-pyrrole nitrogens is 1. The number of aromatic amines is 1. The molecule has 1 amide bonds. The smallest absolute Gasteiger partial charge is 0.355 e. The third-order valence-corrected chi connectivity index (χ3v) is 8.91. The van der Waals surface area contributed by atoms with E-state index in [0.717, 1.165) is 38.5 Å². The van der Waals surface area contributed by atoms with E-state index in [1.165, 1.54) is 19.8 Å². The third kappa shape index (κ3) is 14.6. The van der Waals surface area contributed by atoms with Gasteiger partial charge >= 0.3 is 13.3 Å². The molecule has 2 aromatic heterocycles. The molecule has 0 saturated carbocycles. The van der Waals surface area contributed by atoms with Crippen LogP contribution in [0.1, 0.15) is 77.4 Å². The van der Waals surface area contributed by atoms with E-state index in [2.05, 4.69) is 99.1 Å². The number of imidazole rings is 1. The Kier molecular flexibility index (Phi) is 18.4. The Hall–Kier alpha value is -3.67. The molecule has 262 valence electrons. The van der Waals surface area contributed by atoms with Crippen molar-refractivity contribution in [2.24, 2.45) is 0 Å². The molecule has 3 rings (SSSR count). The zero-order chi connectivity index (χ0) is 34.3. The minimum Gasteiger partial charge on any atom is -0.355 e. The number of rotatable bonds is 23. The van der Waals surface area contributed by atoms with Gasteiger partial charge in [0.1, 0.15) is 11.9 Å². The number of amides is 1. The maximum Gasteiger partial charge on any atom is 0.405 e. The standard InChI is InChI=1S/C35H51N6O6P/c1-3-4-5-6-7-8-9-10-11-12-13-14-15-16-17-18-19-20-21-22-31(42)36-25-26-40-48(44,45-2)46-27-30-23-24-32(47-30)41-29-39-33-34(41)37-28-38-35(33)43/h4-5,7-8,10-11,13-14,16-17,19-20,28-30,32H,3,6,9,12,15,18,21-27H2,1-2H3,(H,36,42)(H,40,44)(H,37,38,43)/b5-4-,8-7-,11-10-,14-13-,17-16-,20-19-/t30-,32?,48?/m0/s1. The second-order valence-corrected chi connectivity index (χ2v) is 13.0. The molecule has 1 aliphatic heterocycles. The molecule has 0 aliphatic carbocycles. The van der Waals surface area contributed by atoms with Gasteiger partial charge in [0.15, 0.2) is 5.52 Å². The number of carbonyl (C=O) groups is 1. The zero-order valence-electron chi connectivity index (χ0n) is 28.2. The Balaban J connectivity index is 1.19. The fourth-order valence-corrected chi connectivity index (χ4v) is 5.86. The monoisotopic (exact) mass is 682 g/mol. The predicted molar refractivity (Wildman–Crippen MR) is 190 cm³/mol. The molecule has 1 saturated heterocycles. The average molecular weight is 683 g/mol. The van der Waals surface area contributed by atoms with Crippen LogP contribution in [0.25, 0.3) is 11.2 Å². The van der Waals surface area contributed by atoms with Gasteiger partial charge in [0.25, 0.3) is 0 Å². The van der Waals surface area contributed by atoms with Crippen LogP contribution in [-0.2, 0) is 23.1 Å². The van der Waals surface area contributed by atoms with Crippen LogP contribution in [0.5, 0.6) is 0 Å². The number of nitrogens with zero attached hydrogens (tertiary/aromatic N) is 3. The minimum absolute atomic E-state index is 0.0532. The normalized spacial score (nSPS) is 18.6. The minimum atomic E-state index is -3.58. The molecule has 48 heavy (non-hydrogen) atoms. The Bertz CT molecular complexity index is 1520. The Morgan fingerprint density at radius 1 is 0.958 bits per heavy atom. The number of fused-ring (bicyclic) bond motifs is 1. The van der Waals surface area contributed by atoms with Crippen molar-refractivity contribution >= 4 is 24.8 Å². The van der Waals surface area contributed by atoms with Gasteiger partial charge < -0.3 is 19.6 Å². The van der Waals surface area contributed by atoms with Crippen LogP contribution in [0.15, 0.2) is 90.4 Å². The molecule has 3 heterocycles. The van der Waals surface area contributed by atoms with Gasteiger partial charge in [0.05, 0.1) is 25.4 Å². The highest BCUT2D eigenvalue weighted by Crippen LogP contribution is 2.43. The van der Waals surface area contributed by atoms with Gasteiger partial charge in [-0.15, -0.1) is 0 Å². The highest BCUT2D eigenvalue weighted by atomic mass is 31.2. The number of carbonyl (C=O) groups excluding carboxylic acids is 1. The molecule has 0 aromatic carbocycles. The van der Waals surface area contributed by atoms with Crippen LogP contribution < -0.4 is 16.0 Å². The summed E-state index contributed by atoms with van der Waals surface area (Å²) >= 11 is 0. The van der Waals surface area contributed by atoms with E-state index in [1.54, 1.807) is 4.57 Å². The van der Waals surface area contributed by atoms with E-state index in [9.17, 15) is 14.2 Å². The largest absolute Gasteiger partial charge is 0.405 e. The van der Waals surface area contributed by atoms with Crippen molar-refractivity contribution in [3.05, 3.63) is 95.9 Å². The predicted octanol–water partition coefficient (Wildman–Crippen LogP) is 6.75. The molecule has 3 atom stereocenters. The molecule has 2 unspecified atom stereocenters. The third-order valence-electron chi connectivity index (χ3n) is 7.33. The van der Waals surface area contributed by atoms with Crippen molar-refractivity contribution in [1.82, 2.24) is 29.9 Å². The van der Waals surface area contributed by atoms with Crippen molar-refractivity contribution in [3.63, 3.8) is 0 Å². The molecular weight excluding hydrogens is 631 g/mol. The van der Waals surface area contributed by atoms with Crippen LogP contribution in [0, 0.1) is 0 Å². The van der Waals surface area contributed by atoms with Gasteiger partial charge in [-0.3, -0.25) is 18.7 Å². The molecule has 1 fully saturated rings. The molecule has 0 bridgehead atoms. The number of hydrogen-bond acceptors (Lipinski definition) is 8. The first-order valence-corrected chi connectivity index (χ1v) is 18.3. The van der Waals surface area contributed by atoms with Gasteiger partial charge in [-0.1, -0.05) is 79.8 Å². The Morgan fingerprint density at radius 3 is 2.21 bits per heavy atom. The number of ether oxygens (including phenoxy) is 1. The Morgan fingerprint density at radius 2 is 1.58 bits per heavy atom. The average Bonchev–Trinajstić information content (AvgIpc) is 3.75. The number of nitrogens with one attached hydrogen (secondary N) is 3. The summed E-state index contributed by atoms with van der Waals surface area (Å²) < 4.78 is 31.4. The lowest BCUT2D eigenvalue weighted by atomic mass is 10.2. The van der Waals surface area contributed by atoms with Gasteiger partial charge in [0, 0.05) is 26.6 Å². The van der Waals surface area contributed by atoms with E-state index in [0.29, 0.717) is 31.3 Å². The highest BCUT2D eigenvalue weighted by molar-refractivity contribution is 7.51. The lowest BCUT2D eigenvalue weighted by Gasteiger charge is -2.20. The Labute approximate surface area is 283 Å². The quantitative estimate of drug-likeness (QED) is 0.0657. The van der Waals surface area contributed by atoms with Gasteiger partial charge in [-0.2, -0.15) is 4.98 Å². The summed E-state index contributed by atoms with van der Waals surface area (Å²) in [5.41, 5.74) is 0.369. The number of allylic oxidation sites excluding steroid dienone is 12.